The number of hydrogen-bond donors (Lipinski definition) is 2. The molecule has 0 amide bonds. The van der Waals surface area contributed by atoms with Crippen molar-refractivity contribution in [2.45, 2.75) is 32.5 Å². The minimum absolute atomic E-state index is 0.134. The van der Waals surface area contributed by atoms with E-state index in [2.05, 4.69) is 34.3 Å². The van der Waals surface area contributed by atoms with Crippen molar-refractivity contribution < 1.29 is 9.47 Å². The zero-order valence-electron chi connectivity index (χ0n) is 18.6. The summed E-state index contributed by atoms with van der Waals surface area (Å²) in [4.78, 5) is 17.8. The molecule has 0 bridgehead atoms. The third-order valence-corrected chi connectivity index (χ3v) is 6.33. The fraction of sp³-hybridized carbons (Fsp3) is 0.333. The number of aromatic amines is 1. The number of methoxy groups -OCH3 is 2. The third kappa shape index (κ3) is 4.42. The number of H-pyrrole nitrogens is 1. The molecule has 4 rings (SSSR count). The Morgan fingerprint density at radius 3 is 2.56 bits per heavy atom. The first-order valence-electron chi connectivity index (χ1n) is 10.6. The number of hydrogen-bond acceptors (Lipinski definition) is 6. The van der Waals surface area contributed by atoms with Crippen molar-refractivity contribution in [1.82, 2.24) is 14.5 Å². The Bertz CT molecular complexity index is 1210. The quantitative estimate of drug-likeness (QED) is 0.526. The van der Waals surface area contributed by atoms with Crippen LogP contribution in [0.25, 0.3) is 0 Å². The molecule has 1 atom stereocenters. The van der Waals surface area contributed by atoms with Gasteiger partial charge >= 0.3 is 0 Å². The van der Waals surface area contributed by atoms with Crippen molar-refractivity contribution in [1.29, 1.82) is 0 Å². The van der Waals surface area contributed by atoms with Crippen LogP contribution in [0.15, 0.2) is 53.3 Å². The lowest BCUT2D eigenvalue weighted by Crippen LogP contribution is -2.40. The number of benzene rings is 2. The maximum Gasteiger partial charge on any atom is 0.258 e. The lowest BCUT2D eigenvalue weighted by Gasteiger charge is -2.35. The molecule has 0 unspecified atom stereocenters. The second-order valence-electron chi connectivity index (χ2n) is 7.85. The standard InChI is InChI=1S/C24H28N4O3S/c1-16(18-7-5-4-6-8-18)27-14-19-22(25-15-27)28(24(32)26-23(19)29)12-11-17-9-10-20(30-2)21(13-17)31-3/h4-10,13,16,25H,11-12,14-15H2,1-3H3,(H,26,29,32)/t16-/m0/s1. The SMILES string of the molecule is COc1ccc(CCn2c3c(c(=O)[nH]c2=S)CN([C@@H](C)c2ccccc2)CN3)cc1OC. The van der Waals surface area contributed by atoms with Crippen LogP contribution in [0.1, 0.15) is 29.7 Å². The fourth-order valence-corrected chi connectivity index (χ4v) is 4.38. The Hall–Kier alpha value is -3.10. The monoisotopic (exact) mass is 452 g/mol. The predicted molar refractivity (Wildman–Crippen MR) is 128 cm³/mol. The molecule has 1 aliphatic heterocycles. The van der Waals surface area contributed by atoms with Crippen LogP contribution in [0.5, 0.6) is 11.5 Å². The molecular weight excluding hydrogens is 424 g/mol. The van der Waals surface area contributed by atoms with Crippen molar-refractivity contribution >= 4 is 18.0 Å². The highest BCUT2D eigenvalue weighted by Gasteiger charge is 2.25. The van der Waals surface area contributed by atoms with E-state index in [9.17, 15) is 4.79 Å². The highest BCUT2D eigenvalue weighted by atomic mass is 32.1. The van der Waals surface area contributed by atoms with E-state index in [1.807, 2.05) is 41.0 Å². The second-order valence-corrected chi connectivity index (χ2v) is 8.23. The summed E-state index contributed by atoms with van der Waals surface area (Å²) in [6.07, 6.45) is 0.735. The molecule has 7 nitrogen and oxygen atoms in total. The maximum absolute atomic E-state index is 12.7. The fourth-order valence-electron chi connectivity index (χ4n) is 4.10. The van der Waals surface area contributed by atoms with Crippen molar-refractivity contribution in [3.8, 4) is 11.5 Å². The van der Waals surface area contributed by atoms with E-state index in [-0.39, 0.29) is 11.6 Å². The van der Waals surface area contributed by atoms with Gasteiger partial charge in [-0.25, -0.2) is 0 Å². The molecule has 1 aromatic heterocycles. The number of ether oxygens (including phenoxy) is 2. The van der Waals surface area contributed by atoms with Gasteiger partial charge in [0.25, 0.3) is 5.56 Å². The number of nitrogens with one attached hydrogen (secondary N) is 2. The Morgan fingerprint density at radius 2 is 1.84 bits per heavy atom. The first-order valence-corrected chi connectivity index (χ1v) is 11.0. The number of aryl methyl sites for hydroxylation is 1. The van der Waals surface area contributed by atoms with Crippen molar-refractivity contribution in [2.24, 2.45) is 0 Å². The van der Waals surface area contributed by atoms with Crippen LogP contribution in [-0.2, 0) is 19.5 Å². The number of anilines is 1. The number of aromatic nitrogens is 2. The number of rotatable bonds is 7. The summed E-state index contributed by atoms with van der Waals surface area (Å²) in [5.74, 6) is 2.19. The molecule has 3 aromatic rings. The van der Waals surface area contributed by atoms with Crippen LogP contribution in [0.4, 0.5) is 5.82 Å². The molecule has 168 valence electrons. The summed E-state index contributed by atoms with van der Waals surface area (Å²) in [7, 11) is 3.25. The van der Waals surface area contributed by atoms with E-state index in [0.717, 1.165) is 17.8 Å². The Morgan fingerprint density at radius 1 is 1.09 bits per heavy atom. The number of nitrogens with zero attached hydrogens (tertiary/aromatic N) is 2. The lowest BCUT2D eigenvalue weighted by molar-refractivity contribution is 0.206. The van der Waals surface area contributed by atoms with Crippen molar-refractivity contribution in [3.05, 3.63) is 80.3 Å². The van der Waals surface area contributed by atoms with Crippen molar-refractivity contribution in [2.75, 3.05) is 26.2 Å². The van der Waals surface area contributed by atoms with Gasteiger partial charge in [0.15, 0.2) is 16.3 Å². The van der Waals surface area contributed by atoms with Gasteiger partial charge in [0, 0.05) is 19.1 Å². The first kappa shape index (κ1) is 22.1. The third-order valence-electron chi connectivity index (χ3n) is 6.01. The van der Waals surface area contributed by atoms with E-state index in [1.165, 1.54) is 5.56 Å². The van der Waals surface area contributed by atoms with E-state index in [1.54, 1.807) is 14.2 Å². The highest BCUT2D eigenvalue weighted by molar-refractivity contribution is 7.71. The van der Waals surface area contributed by atoms with Gasteiger partial charge in [0.05, 0.1) is 26.5 Å². The smallest absolute Gasteiger partial charge is 0.258 e. The minimum atomic E-state index is -0.134. The van der Waals surface area contributed by atoms with Crippen LogP contribution in [-0.4, -0.2) is 35.3 Å². The van der Waals surface area contributed by atoms with Crippen LogP contribution in [0.2, 0.25) is 0 Å². The maximum atomic E-state index is 12.7. The Balaban J connectivity index is 1.57. The normalized spacial score (nSPS) is 14.3. The van der Waals surface area contributed by atoms with Gasteiger partial charge < -0.3 is 19.4 Å². The van der Waals surface area contributed by atoms with Crippen LogP contribution in [0.3, 0.4) is 0 Å². The van der Waals surface area contributed by atoms with Crippen LogP contribution >= 0.6 is 12.2 Å². The van der Waals surface area contributed by atoms with Gasteiger partial charge in [-0.15, -0.1) is 0 Å². The highest BCUT2D eigenvalue weighted by Crippen LogP contribution is 2.29. The summed E-state index contributed by atoms with van der Waals surface area (Å²) in [5, 5.41) is 3.45. The molecule has 0 saturated heterocycles. The zero-order valence-corrected chi connectivity index (χ0v) is 19.4. The summed E-state index contributed by atoms with van der Waals surface area (Å²) >= 11 is 5.50. The van der Waals surface area contributed by atoms with Crippen molar-refractivity contribution in [3.63, 3.8) is 0 Å². The molecule has 32 heavy (non-hydrogen) atoms. The van der Waals surface area contributed by atoms with E-state index < -0.39 is 0 Å². The summed E-state index contributed by atoms with van der Waals surface area (Å²) in [6, 6.07) is 16.4. The average molecular weight is 453 g/mol. The van der Waals surface area contributed by atoms with Gasteiger partial charge in [0.1, 0.15) is 5.82 Å². The summed E-state index contributed by atoms with van der Waals surface area (Å²) < 4.78 is 13.1. The van der Waals surface area contributed by atoms with Gasteiger partial charge in [-0.1, -0.05) is 36.4 Å². The Labute approximate surface area is 192 Å². The molecule has 2 N–H and O–H groups in total. The number of fused-ring (bicyclic) bond motifs is 1. The Kier molecular flexibility index (Phi) is 6.62. The van der Waals surface area contributed by atoms with E-state index in [4.69, 9.17) is 21.7 Å². The molecule has 0 spiro atoms. The molecule has 0 radical (unpaired) electrons. The molecule has 8 heteroatoms. The van der Waals surface area contributed by atoms with E-state index in [0.29, 0.717) is 41.6 Å². The molecule has 0 fully saturated rings. The molecule has 2 heterocycles. The predicted octanol–water partition coefficient (Wildman–Crippen LogP) is 4.11. The first-order chi connectivity index (χ1) is 15.5. The molecule has 2 aromatic carbocycles. The average Bonchev–Trinajstić information content (AvgIpc) is 2.83. The van der Waals surface area contributed by atoms with Gasteiger partial charge in [0.2, 0.25) is 0 Å². The van der Waals surface area contributed by atoms with Crippen LogP contribution in [0, 0.1) is 4.77 Å². The minimum Gasteiger partial charge on any atom is -0.493 e. The van der Waals surface area contributed by atoms with Crippen LogP contribution < -0.4 is 20.3 Å². The second kappa shape index (κ2) is 9.58. The topological polar surface area (TPSA) is 71.5 Å². The summed E-state index contributed by atoms with van der Waals surface area (Å²) in [6.45, 7) is 3.98. The zero-order chi connectivity index (χ0) is 22.7. The lowest BCUT2D eigenvalue weighted by atomic mass is 10.1. The van der Waals surface area contributed by atoms with Gasteiger partial charge in [-0.3, -0.25) is 14.7 Å². The summed E-state index contributed by atoms with van der Waals surface area (Å²) in [5.41, 5.74) is 2.89. The largest absolute Gasteiger partial charge is 0.493 e. The van der Waals surface area contributed by atoms with E-state index >= 15 is 0 Å². The molecule has 0 saturated carbocycles. The van der Waals surface area contributed by atoms with Gasteiger partial charge in [-0.2, -0.15) is 0 Å². The molecule has 0 aliphatic carbocycles. The molecule has 1 aliphatic rings. The molecular formula is C24H28N4O3S. The van der Waals surface area contributed by atoms with Gasteiger partial charge in [-0.05, 0) is 48.8 Å².